The van der Waals surface area contributed by atoms with E-state index in [-0.39, 0.29) is 5.92 Å². The van der Waals surface area contributed by atoms with E-state index in [2.05, 4.69) is 19.9 Å². The molecule has 0 saturated heterocycles. The topological polar surface area (TPSA) is 26.3 Å². The predicted octanol–water partition coefficient (Wildman–Crippen LogP) is 4.69. The van der Waals surface area contributed by atoms with Gasteiger partial charge >= 0.3 is 0 Å². The van der Waals surface area contributed by atoms with E-state index in [1.165, 1.54) is 0 Å². The van der Waals surface area contributed by atoms with Gasteiger partial charge in [0.05, 0.1) is 0 Å². The van der Waals surface area contributed by atoms with Crippen LogP contribution in [0.25, 0.3) is 0 Å². The first-order chi connectivity index (χ1) is 10.1. The third-order valence-corrected chi connectivity index (χ3v) is 3.62. The molecule has 2 aromatic rings. The van der Waals surface area contributed by atoms with Gasteiger partial charge < -0.3 is 9.53 Å². The molecule has 0 saturated carbocycles. The first kappa shape index (κ1) is 15.3. The maximum absolute atomic E-state index is 11.2. The highest BCUT2D eigenvalue weighted by Crippen LogP contribution is 2.34. The van der Waals surface area contributed by atoms with Crippen LogP contribution in [0.3, 0.4) is 0 Å². The number of para-hydroxylation sites is 1. The Bertz CT molecular complexity index is 588. The van der Waals surface area contributed by atoms with Crippen molar-refractivity contribution in [3.63, 3.8) is 0 Å². The lowest BCUT2D eigenvalue weighted by Gasteiger charge is -2.19. The average molecular weight is 282 g/mol. The van der Waals surface area contributed by atoms with E-state index < -0.39 is 0 Å². The molecule has 2 aromatic carbocycles. The van der Waals surface area contributed by atoms with Crippen molar-refractivity contribution in [3.8, 4) is 5.75 Å². The van der Waals surface area contributed by atoms with Gasteiger partial charge in [0.1, 0.15) is 18.6 Å². The lowest BCUT2D eigenvalue weighted by molar-refractivity contribution is -0.108. The summed E-state index contributed by atoms with van der Waals surface area (Å²) in [4.78, 5) is 11.2. The van der Waals surface area contributed by atoms with Crippen molar-refractivity contribution in [3.05, 3.63) is 65.2 Å². The molecule has 0 amide bonds. The highest BCUT2D eigenvalue weighted by Gasteiger charge is 2.16. The molecule has 0 bridgehead atoms. The van der Waals surface area contributed by atoms with Gasteiger partial charge in [-0.15, -0.1) is 0 Å². The minimum absolute atomic E-state index is 0.158. The van der Waals surface area contributed by atoms with Gasteiger partial charge in [0.15, 0.2) is 0 Å². The van der Waals surface area contributed by atoms with Crippen LogP contribution in [-0.2, 0) is 11.4 Å². The Morgan fingerprint density at radius 1 is 0.952 bits per heavy atom. The summed E-state index contributed by atoms with van der Waals surface area (Å²) in [5.41, 5.74) is 3.24. The molecular formula is C19H22O2. The van der Waals surface area contributed by atoms with E-state index in [4.69, 9.17) is 4.74 Å². The zero-order valence-corrected chi connectivity index (χ0v) is 12.9. The van der Waals surface area contributed by atoms with Crippen molar-refractivity contribution < 1.29 is 9.53 Å². The molecule has 2 nitrogen and oxygen atoms in total. The summed E-state index contributed by atoms with van der Waals surface area (Å²) in [6.45, 7) is 6.70. The Labute approximate surface area is 126 Å². The summed E-state index contributed by atoms with van der Waals surface area (Å²) in [5, 5.41) is 0. The lowest BCUT2D eigenvalue weighted by atomic mass is 9.94. The molecule has 0 spiro atoms. The molecular weight excluding hydrogens is 260 g/mol. The molecule has 21 heavy (non-hydrogen) atoms. The van der Waals surface area contributed by atoms with Gasteiger partial charge in [-0.2, -0.15) is 0 Å². The van der Waals surface area contributed by atoms with Crippen molar-refractivity contribution >= 4 is 6.29 Å². The van der Waals surface area contributed by atoms with Gasteiger partial charge in [-0.1, -0.05) is 69.3 Å². The first-order valence-electron chi connectivity index (χ1n) is 7.38. The van der Waals surface area contributed by atoms with E-state index in [0.29, 0.717) is 12.5 Å². The SMILES string of the molecule is CC(C)c1cccc([C@H](C)C=O)c1OCc1ccccc1. The number of aldehydes is 1. The van der Waals surface area contributed by atoms with E-state index >= 15 is 0 Å². The maximum Gasteiger partial charge on any atom is 0.127 e. The number of benzene rings is 2. The first-order valence-corrected chi connectivity index (χ1v) is 7.38. The van der Waals surface area contributed by atoms with Crippen molar-refractivity contribution in [2.45, 2.75) is 39.2 Å². The fraction of sp³-hybridized carbons (Fsp3) is 0.316. The monoisotopic (exact) mass is 282 g/mol. The number of rotatable bonds is 6. The van der Waals surface area contributed by atoms with Crippen LogP contribution in [0, 0.1) is 0 Å². The predicted molar refractivity (Wildman–Crippen MR) is 85.8 cm³/mol. The van der Waals surface area contributed by atoms with Crippen LogP contribution in [0.15, 0.2) is 48.5 Å². The maximum atomic E-state index is 11.2. The summed E-state index contributed by atoms with van der Waals surface area (Å²) in [6, 6.07) is 16.1. The second kappa shape index (κ2) is 7.07. The molecule has 1 atom stereocenters. The largest absolute Gasteiger partial charge is 0.488 e. The van der Waals surface area contributed by atoms with Crippen LogP contribution < -0.4 is 4.74 Å². The Morgan fingerprint density at radius 3 is 2.24 bits per heavy atom. The number of carbonyl (C=O) groups is 1. The molecule has 0 radical (unpaired) electrons. The third-order valence-electron chi connectivity index (χ3n) is 3.62. The van der Waals surface area contributed by atoms with Gasteiger partial charge in [-0.3, -0.25) is 0 Å². The minimum Gasteiger partial charge on any atom is -0.488 e. The molecule has 0 aliphatic heterocycles. The number of carbonyl (C=O) groups excluding carboxylic acids is 1. The fourth-order valence-corrected chi connectivity index (χ4v) is 2.36. The van der Waals surface area contributed by atoms with Crippen LogP contribution in [-0.4, -0.2) is 6.29 Å². The molecule has 2 rings (SSSR count). The molecule has 0 unspecified atom stereocenters. The van der Waals surface area contributed by atoms with Crippen LogP contribution in [0.1, 0.15) is 49.3 Å². The van der Waals surface area contributed by atoms with Crippen molar-refractivity contribution in [1.82, 2.24) is 0 Å². The minimum atomic E-state index is -0.158. The van der Waals surface area contributed by atoms with Crippen LogP contribution in [0.5, 0.6) is 5.75 Å². The normalized spacial score (nSPS) is 12.2. The molecule has 2 heteroatoms. The van der Waals surface area contributed by atoms with Crippen LogP contribution >= 0.6 is 0 Å². The quantitative estimate of drug-likeness (QED) is 0.718. The molecule has 0 aliphatic rings. The molecule has 110 valence electrons. The number of hydrogen-bond donors (Lipinski definition) is 0. The Morgan fingerprint density at radius 2 is 1.62 bits per heavy atom. The zero-order valence-electron chi connectivity index (χ0n) is 12.9. The Balaban J connectivity index is 2.32. The lowest BCUT2D eigenvalue weighted by Crippen LogP contribution is -2.06. The van der Waals surface area contributed by atoms with Gasteiger partial charge in [0.2, 0.25) is 0 Å². The smallest absolute Gasteiger partial charge is 0.127 e. The van der Waals surface area contributed by atoms with Crippen LogP contribution in [0.2, 0.25) is 0 Å². The second-order valence-corrected chi connectivity index (χ2v) is 5.62. The summed E-state index contributed by atoms with van der Waals surface area (Å²) >= 11 is 0. The van der Waals surface area contributed by atoms with Crippen molar-refractivity contribution in [2.24, 2.45) is 0 Å². The standard InChI is InChI=1S/C19H22O2/c1-14(2)17-10-7-11-18(15(3)12-20)19(17)21-13-16-8-5-4-6-9-16/h4-12,14-15H,13H2,1-3H3/t15-/m1/s1. The van der Waals surface area contributed by atoms with Gasteiger partial charge in [0, 0.05) is 11.5 Å². The fourth-order valence-electron chi connectivity index (χ4n) is 2.36. The second-order valence-electron chi connectivity index (χ2n) is 5.62. The van der Waals surface area contributed by atoms with Gasteiger partial charge in [0.25, 0.3) is 0 Å². The van der Waals surface area contributed by atoms with E-state index in [9.17, 15) is 4.79 Å². The van der Waals surface area contributed by atoms with Gasteiger partial charge in [-0.25, -0.2) is 0 Å². The van der Waals surface area contributed by atoms with E-state index in [0.717, 1.165) is 28.7 Å². The van der Waals surface area contributed by atoms with Crippen molar-refractivity contribution in [1.29, 1.82) is 0 Å². The van der Waals surface area contributed by atoms with Crippen LogP contribution in [0.4, 0.5) is 0 Å². The Hall–Kier alpha value is -2.09. The number of hydrogen-bond acceptors (Lipinski definition) is 2. The summed E-state index contributed by atoms with van der Waals surface area (Å²) < 4.78 is 6.08. The van der Waals surface area contributed by atoms with Crippen molar-refractivity contribution in [2.75, 3.05) is 0 Å². The number of ether oxygens (including phenoxy) is 1. The molecule has 0 aliphatic carbocycles. The molecule has 0 fully saturated rings. The molecule has 0 aromatic heterocycles. The van der Waals surface area contributed by atoms with E-state index in [1.807, 2.05) is 49.4 Å². The van der Waals surface area contributed by atoms with E-state index in [1.54, 1.807) is 0 Å². The van der Waals surface area contributed by atoms with Gasteiger partial charge in [-0.05, 0) is 17.0 Å². The third kappa shape index (κ3) is 3.72. The summed E-state index contributed by atoms with van der Waals surface area (Å²) in [5.74, 6) is 1.06. The highest BCUT2D eigenvalue weighted by atomic mass is 16.5. The highest BCUT2D eigenvalue weighted by molar-refractivity contribution is 5.64. The summed E-state index contributed by atoms with van der Waals surface area (Å²) in [7, 11) is 0. The Kier molecular flexibility index (Phi) is 5.15. The summed E-state index contributed by atoms with van der Waals surface area (Å²) in [6.07, 6.45) is 0.967. The zero-order chi connectivity index (χ0) is 15.2. The average Bonchev–Trinajstić information content (AvgIpc) is 2.52. The molecule has 0 heterocycles. The molecule has 0 N–H and O–H groups in total.